The number of ether oxygens (including phenoxy) is 1. The van der Waals surface area contributed by atoms with Crippen LogP contribution in [0.3, 0.4) is 0 Å². The minimum Gasteiger partial charge on any atom is -0.443 e. The average molecular weight is 291 g/mol. The lowest BCUT2D eigenvalue weighted by atomic mass is 9.98. The second-order valence-electron chi connectivity index (χ2n) is 6.53. The first kappa shape index (κ1) is 15.5. The van der Waals surface area contributed by atoms with Crippen molar-refractivity contribution in [2.75, 3.05) is 6.54 Å². The van der Waals surface area contributed by atoms with E-state index >= 15 is 0 Å². The summed E-state index contributed by atoms with van der Waals surface area (Å²) in [6.45, 7) is 8.17. The number of allylic oxidation sites excluding steroid dienone is 1. The van der Waals surface area contributed by atoms with Gasteiger partial charge in [0.25, 0.3) is 0 Å². The molecule has 1 aliphatic rings. The maximum atomic E-state index is 13.4. The van der Waals surface area contributed by atoms with Gasteiger partial charge in [-0.3, -0.25) is 4.90 Å². The van der Waals surface area contributed by atoms with Crippen LogP contribution in [0.15, 0.2) is 30.3 Å². The number of benzene rings is 1. The highest BCUT2D eigenvalue weighted by molar-refractivity contribution is 5.82. The number of carbonyl (C=O) groups is 1. The summed E-state index contributed by atoms with van der Waals surface area (Å²) in [5.74, 6) is 0.0472. The van der Waals surface area contributed by atoms with Gasteiger partial charge in [0.05, 0.1) is 5.70 Å². The van der Waals surface area contributed by atoms with E-state index in [2.05, 4.69) is 6.92 Å². The Bertz CT molecular complexity index is 560. The van der Waals surface area contributed by atoms with Crippen molar-refractivity contribution in [3.05, 3.63) is 41.7 Å². The maximum Gasteiger partial charge on any atom is 0.414 e. The molecule has 3 nitrogen and oxygen atoms in total. The van der Waals surface area contributed by atoms with E-state index < -0.39 is 5.60 Å². The minimum absolute atomic E-state index is 0.309. The van der Waals surface area contributed by atoms with Crippen molar-refractivity contribution in [3.8, 4) is 0 Å². The van der Waals surface area contributed by atoms with Gasteiger partial charge in [-0.25, -0.2) is 9.18 Å². The molecule has 0 fully saturated rings. The fourth-order valence-electron chi connectivity index (χ4n) is 2.32. The SMILES string of the molecule is CC1CC=C(c2cccc(F)c2)N(C(=O)OC(C)(C)C)C1. The predicted molar refractivity (Wildman–Crippen MR) is 81.1 cm³/mol. The molecule has 4 heteroatoms. The zero-order valence-corrected chi connectivity index (χ0v) is 13.0. The second kappa shape index (κ2) is 5.88. The van der Waals surface area contributed by atoms with Gasteiger partial charge in [0.15, 0.2) is 0 Å². The van der Waals surface area contributed by atoms with Crippen molar-refractivity contribution in [2.45, 2.75) is 39.7 Å². The third kappa shape index (κ3) is 4.06. The quantitative estimate of drug-likeness (QED) is 0.765. The number of nitrogens with zero attached hydrogens (tertiary/aromatic N) is 1. The summed E-state index contributed by atoms with van der Waals surface area (Å²) >= 11 is 0. The Hall–Kier alpha value is -1.84. The highest BCUT2D eigenvalue weighted by Gasteiger charge is 2.29. The standard InChI is InChI=1S/C17H22FNO2/c1-12-8-9-15(13-6-5-7-14(18)10-13)19(11-12)16(20)21-17(2,3)4/h5-7,9-10,12H,8,11H2,1-4H3. The van der Waals surface area contributed by atoms with Gasteiger partial charge >= 0.3 is 6.09 Å². The van der Waals surface area contributed by atoms with Gasteiger partial charge in [-0.05, 0) is 45.2 Å². The van der Waals surface area contributed by atoms with Gasteiger partial charge < -0.3 is 4.74 Å². The van der Waals surface area contributed by atoms with E-state index in [-0.39, 0.29) is 11.9 Å². The first-order chi connectivity index (χ1) is 9.76. The van der Waals surface area contributed by atoms with Crippen LogP contribution in [0.4, 0.5) is 9.18 Å². The molecule has 0 saturated heterocycles. The number of rotatable bonds is 1. The van der Waals surface area contributed by atoms with E-state index in [0.717, 1.165) is 12.1 Å². The summed E-state index contributed by atoms with van der Waals surface area (Å²) in [6, 6.07) is 6.30. The Kier molecular flexibility index (Phi) is 4.35. The highest BCUT2D eigenvalue weighted by atomic mass is 19.1. The molecule has 21 heavy (non-hydrogen) atoms. The number of hydrogen-bond donors (Lipinski definition) is 0. The summed E-state index contributed by atoms with van der Waals surface area (Å²) in [6.07, 6.45) is 2.46. The average Bonchev–Trinajstić information content (AvgIpc) is 2.36. The molecule has 0 aromatic heterocycles. The van der Waals surface area contributed by atoms with Crippen molar-refractivity contribution in [1.29, 1.82) is 0 Å². The lowest BCUT2D eigenvalue weighted by Gasteiger charge is -2.33. The molecule has 0 radical (unpaired) electrons. The summed E-state index contributed by atoms with van der Waals surface area (Å²) in [5, 5.41) is 0. The number of amides is 1. The van der Waals surface area contributed by atoms with Crippen molar-refractivity contribution in [3.63, 3.8) is 0 Å². The molecule has 0 spiro atoms. The van der Waals surface area contributed by atoms with Crippen molar-refractivity contribution in [1.82, 2.24) is 4.90 Å². The van der Waals surface area contributed by atoms with Gasteiger partial charge in [-0.1, -0.05) is 25.1 Å². The van der Waals surface area contributed by atoms with Gasteiger partial charge in [0.2, 0.25) is 0 Å². The zero-order valence-electron chi connectivity index (χ0n) is 13.0. The topological polar surface area (TPSA) is 29.5 Å². The molecule has 1 amide bonds. The lowest BCUT2D eigenvalue weighted by molar-refractivity contribution is 0.0327. The molecule has 0 N–H and O–H groups in total. The van der Waals surface area contributed by atoms with Gasteiger partial charge in [-0.2, -0.15) is 0 Å². The monoisotopic (exact) mass is 291 g/mol. The number of halogens is 1. The van der Waals surface area contributed by atoms with E-state index in [0.29, 0.717) is 18.0 Å². The van der Waals surface area contributed by atoms with Crippen LogP contribution < -0.4 is 0 Å². The summed E-state index contributed by atoms with van der Waals surface area (Å²) in [7, 11) is 0. The molecular formula is C17H22FNO2. The Labute approximate surface area is 125 Å². The summed E-state index contributed by atoms with van der Waals surface area (Å²) < 4.78 is 18.9. The minimum atomic E-state index is -0.551. The molecule has 114 valence electrons. The molecular weight excluding hydrogens is 269 g/mol. The smallest absolute Gasteiger partial charge is 0.414 e. The van der Waals surface area contributed by atoms with E-state index in [1.807, 2.05) is 32.9 Å². The highest BCUT2D eigenvalue weighted by Crippen LogP contribution is 2.29. The molecule has 1 unspecified atom stereocenters. The first-order valence-electron chi connectivity index (χ1n) is 7.23. The number of carbonyl (C=O) groups excluding carboxylic acids is 1. The molecule has 1 aliphatic heterocycles. The third-order valence-corrected chi connectivity index (χ3v) is 3.23. The number of hydrogen-bond acceptors (Lipinski definition) is 2. The van der Waals surface area contributed by atoms with E-state index in [9.17, 15) is 9.18 Å². The molecule has 2 rings (SSSR count). The molecule has 0 bridgehead atoms. The van der Waals surface area contributed by atoms with Gasteiger partial charge in [0, 0.05) is 12.1 Å². The lowest BCUT2D eigenvalue weighted by Crippen LogP contribution is -2.39. The first-order valence-corrected chi connectivity index (χ1v) is 7.23. The van der Waals surface area contributed by atoms with Crippen LogP contribution in [-0.2, 0) is 4.74 Å². The molecule has 0 saturated carbocycles. The Morgan fingerprint density at radius 1 is 1.38 bits per heavy atom. The summed E-state index contributed by atoms with van der Waals surface area (Å²) in [5.41, 5.74) is 0.875. The fourth-order valence-corrected chi connectivity index (χ4v) is 2.32. The Morgan fingerprint density at radius 3 is 2.71 bits per heavy atom. The fraction of sp³-hybridized carbons (Fsp3) is 0.471. The van der Waals surface area contributed by atoms with E-state index in [1.54, 1.807) is 11.0 Å². The Morgan fingerprint density at radius 2 is 2.10 bits per heavy atom. The molecule has 1 atom stereocenters. The predicted octanol–water partition coefficient (Wildman–Crippen LogP) is 4.44. The largest absolute Gasteiger partial charge is 0.443 e. The van der Waals surface area contributed by atoms with Gasteiger partial charge in [-0.15, -0.1) is 0 Å². The van der Waals surface area contributed by atoms with Crippen LogP contribution in [-0.4, -0.2) is 23.1 Å². The third-order valence-electron chi connectivity index (χ3n) is 3.23. The van der Waals surface area contributed by atoms with Gasteiger partial charge in [0.1, 0.15) is 11.4 Å². The van der Waals surface area contributed by atoms with E-state index in [1.165, 1.54) is 12.1 Å². The van der Waals surface area contributed by atoms with Crippen LogP contribution >= 0.6 is 0 Å². The van der Waals surface area contributed by atoms with E-state index in [4.69, 9.17) is 4.74 Å². The normalized spacial score (nSPS) is 19.2. The Balaban J connectivity index is 2.30. The van der Waals surface area contributed by atoms with Crippen molar-refractivity contribution >= 4 is 11.8 Å². The van der Waals surface area contributed by atoms with Crippen LogP contribution in [0.1, 0.15) is 39.7 Å². The molecule has 1 heterocycles. The molecule has 0 aliphatic carbocycles. The molecule has 1 aromatic rings. The van der Waals surface area contributed by atoms with Crippen LogP contribution in [0.2, 0.25) is 0 Å². The summed E-state index contributed by atoms with van der Waals surface area (Å²) in [4.78, 5) is 14.0. The van der Waals surface area contributed by atoms with Crippen LogP contribution in [0.25, 0.3) is 5.70 Å². The second-order valence-corrected chi connectivity index (χ2v) is 6.53. The molecule has 1 aromatic carbocycles. The van der Waals surface area contributed by atoms with Crippen LogP contribution in [0, 0.1) is 11.7 Å². The van der Waals surface area contributed by atoms with Crippen LogP contribution in [0.5, 0.6) is 0 Å². The van der Waals surface area contributed by atoms with Crippen molar-refractivity contribution < 1.29 is 13.9 Å². The van der Waals surface area contributed by atoms with Crippen molar-refractivity contribution in [2.24, 2.45) is 5.92 Å². The maximum absolute atomic E-state index is 13.4. The zero-order chi connectivity index (χ0) is 15.6.